The molecule has 0 atom stereocenters. The van der Waals surface area contributed by atoms with Gasteiger partial charge in [0.25, 0.3) is 5.91 Å². The van der Waals surface area contributed by atoms with Gasteiger partial charge in [0.1, 0.15) is 5.82 Å². The van der Waals surface area contributed by atoms with Gasteiger partial charge in [-0.3, -0.25) is 20.0 Å². The van der Waals surface area contributed by atoms with E-state index in [9.17, 15) is 4.79 Å². The first-order chi connectivity index (χ1) is 8.69. The molecule has 0 aliphatic rings. The Morgan fingerprint density at radius 2 is 2.50 bits per heavy atom. The van der Waals surface area contributed by atoms with Crippen LogP contribution in [-0.2, 0) is 6.54 Å². The van der Waals surface area contributed by atoms with E-state index in [-0.39, 0.29) is 5.69 Å². The predicted molar refractivity (Wildman–Crippen MR) is 63.5 cm³/mol. The van der Waals surface area contributed by atoms with Gasteiger partial charge >= 0.3 is 0 Å². The van der Waals surface area contributed by atoms with E-state index in [0.717, 1.165) is 11.6 Å². The van der Waals surface area contributed by atoms with Gasteiger partial charge in [0, 0.05) is 5.75 Å². The minimum atomic E-state index is -0.460. The number of thioether (sulfide) groups is 1. The largest absolute Gasteiger partial charge is 0.289 e. The smallest absolute Gasteiger partial charge is 0.287 e. The lowest BCUT2D eigenvalue weighted by atomic mass is 10.5. The molecular formula is C8H12N8OS. The topological polar surface area (TPSA) is 127 Å². The summed E-state index contributed by atoms with van der Waals surface area (Å²) in [6.07, 6.45) is 1.53. The van der Waals surface area contributed by atoms with Gasteiger partial charge in [-0.1, -0.05) is 17.0 Å². The minimum absolute atomic E-state index is 0.191. The van der Waals surface area contributed by atoms with Gasteiger partial charge in [0.2, 0.25) is 5.16 Å². The molecule has 10 heteroatoms. The first-order valence-electron chi connectivity index (χ1n) is 5.12. The van der Waals surface area contributed by atoms with Crippen molar-refractivity contribution in [2.45, 2.75) is 18.6 Å². The molecule has 9 nitrogen and oxygen atoms in total. The highest BCUT2D eigenvalue weighted by molar-refractivity contribution is 7.99. The average molecular weight is 268 g/mol. The van der Waals surface area contributed by atoms with E-state index >= 15 is 0 Å². The Morgan fingerprint density at radius 3 is 3.17 bits per heavy atom. The second kappa shape index (κ2) is 5.60. The van der Waals surface area contributed by atoms with Crippen LogP contribution in [0.25, 0.3) is 0 Å². The first kappa shape index (κ1) is 12.5. The fraction of sp³-hybridized carbons (Fsp3) is 0.375. The molecule has 18 heavy (non-hydrogen) atoms. The molecule has 0 spiro atoms. The van der Waals surface area contributed by atoms with Crippen molar-refractivity contribution in [2.75, 3.05) is 5.75 Å². The van der Waals surface area contributed by atoms with Crippen LogP contribution in [0.3, 0.4) is 0 Å². The molecule has 0 saturated heterocycles. The zero-order valence-corrected chi connectivity index (χ0v) is 10.4. The van der Waals surface area contributed by atoms with Gasteiger partial charge in [-0.25, -0.2) is 10.8 Å². The number of hydrogen-bond donors (Lipinski definition) is 3. The zero-order chi connectivity index (χ0) is 13.0. The van der Waals surface area contributed by atoms with Crippen LogP contribution < -0.4 is 11.3 Å². The Morgan fingerprint density at radius 1 is 1.67 bits per heavy atom. The molecule has 1 amide bonds. The predicted octanol–water partition coefficient (Wildman–Crippen LogP) is -0.900. The number of nitrogens with zero attached hydrogens (tertiary/aromatic N) is 5. The molecule has 2 heterocycles. The Hall–Kier alpha value is -1.94. The van der Waals surface area contributed by atoms with E-state index in [4.69, 9.17) is 5.84 Å². The van der Waals surface area contributed by atoms with E-state index < -0.39 is 5.91 Å². The number of aromatic amines is 1. The summed E-state index contributed by atoms with van der Waals surface area (Å²) in [5, 5.41) is 14.9. The Kier molecular flexibility index (Phi) is 3.89. The van der Waals surface area contributed by atoms with Crippen molar-refractivity contribution in [3.05, 3.63) is 17.7 Å². The van der Waals surface area contributed by atoms with Crippen molar-refractivity contribution in [2.24, 2.45) is 5.84 Å². The van der Waals surface area contributed by atoms with Gasteiger partial charge in [0.05, 0.1) is 12.7 Å². The van der Waals surface area contributed by atoms with Crippen molar-refractivity contribution in [3.8, 4) is 0 Å². The van der Waals surface area contributed by atoms with Crippen LogP contribution in [0.15, 0.2) is 11.4 Å². The standard InChI is InChI=1S/C8H12N8OS/c1-5-10-8(14-12-5)18-3-2-16-4-6(13-15-16)7(17)11-9/h4H,2-3,9H2,1H3,(H,11,17)(H,10,12,14). The van der Waals surface area contributed by atoms with Crippen LogP contribution in [0.2, 0.25) is 0 Å². The summed E-state index contributed by atoms with van der Waals surface area (Å²) in [5.41, 5.74) is 2.19. The Labute approximate surface area is 107 Å². The lowest BCUT2D eigenvalue weighted by Crippen LogP contribution is -2.30. The number of nitrogens with two attached hydrogens (primary N) is 1. The Balaban J connectivity index is 1.83. The molecule has 4 N–H and O–H groups in total. The maximum Gasteiger partial charge on any atom is 0.287 e. The molecular weight excluding hydrogens is 256 g/mol. The van der Waals surface area contributed by atoms with Crippen molar-refractivity contribution in [1.29, 1.82) is 0 Å². The van der Waals surface area contributed by atoms with Crippen LogP contribution in [0.5, 0.6) is 0 Å². The lowest BCUT2D eigenvalue weighted by Gasteiger charge is -1.97. The van der Waals surface area contributed by atoms with Gasteiger partial charge in [0.15, 0.2) is 5.69 Å². The number of carbonyl (C=O) groups is 1. The van der Waals surface area contributed by atoms with E-state index in [2.05, 4.69) is 25.5 Å². The number of rotatable bonds is 5. The third-order valence-corrected chi connectivity index (χ3v) is 2.86. The minimum Gasteiger partial charge on any atom is -0.289 e. The van der Waals surface area contributed by atoms with Crippen LogP contribution in [0.1, 0.15) is 16.3 Å². The molecule has 2 aromatic rings. The zero-order valence-electron chi connectivity index (χ0n) is 9.62. The van der Waals surface area contributed by atoms with Gasteiger partial charge < -0.3 is 0 Å². The highest BCUT2D eigenvalue weighted by Crippen LogP contribution is 2.11. The van der Waals surface area contributed by atoms with Crippen LogP contribution in [0.4, 0.5) is 0 Å². The summed E-state index contributed by atoms with van der Waals surface area (Å²) in [6.45, 7) is 2.44. The fourth-order valence-corrected chi connectivity index (χ4v) is 1.98. The quantitative estimate of drug-likeness (QED) is 0.277. The van der Waals surface area contributed by atoms with Crippen molar-refractivity contribution in [1.82, 2.24) is 35.6 Å². The van der Waals surface area contributed by atoms with E-state index in [1.807, 2.05) is 12.3 Å². The monoisotopic (exact) mass is 268 g/mol. The summed E-state index contributed by atoms with van der Waals surface area (Å²) in [6, 6.07) is 0. The number of nitrogen functional groups attached to an aromatic ring is 1. The number of hydrazine groups is 1. The molecule has 0 aliphatic heterocycles. The molecule has 0 unspecified atom stereocenters. The van der Waals surface area contributed by atoms with E-state index in [1.165, 1.54) is 18.0 Å². The number of amides is 1. The molecule has 2 aromatic heterocycles. The van der Waals surface area contributed by atoms with Gasteiger partial charge in [-0.15, -0.1) is 10.2 Å². The van der Waals surface area contributed by atoms with Gasteiger partial charge in [-0.2, -0.15) is 0 Å². The summed E-state index contributed by atoms with van der Waals surface area (Å²) in [4.78, 5) is 15.3. The van der Waals surface area contributed by atoms with Crippen molar-refractivity contribution >= 4 is 17.7 Å². The van der Waals surface area contributed by atoms with E-state index in [1.54, 1.807) is 4.68 Å². The molecule has 0 radical (unpaired) electrons. The molecule has 2 rings (SSSR count). The maximum atomic E-state index is 11.1. The SMILES string of the molecule is Cc1nc(SCCn2cc(C(=O)NN)nn2)n[nH]1. The van der Waals surface area contributed by atoms with Crippen LogP contribution >= 0.6 is 11.8 Å². The van der Waals surface area contributed by atoms with Crippen LogP contribution in [0, 0.1) is 6.92 Å². The molecule has 0 saturated carbocycles. The van der Waals surface area contributed by atoms with Crippen molar-refractivity contribution < 1.29 is 4.79 Å². The highest BCUT2D eigenvalue weighted by Gasteiger charge is 2.08. The second-order valence-electron chi connectivity index (χ2n) is 3.39. The summed E-state index contributed by atoms with van der Waals surface area (Å²) >= 11 is 1.49. The second-order valence-corrected chi connectivity index (χ2v) is 4.45. The molecule has 0 fully saturated rings. The van der Waals surface area contributed by atoms with Crippen LogP contribution in [-0.4, -0.2) is 41.8 Å². The van der Waals surface area contributed by atoms with E-state index in [0.29, 0.717) is 11.7 Å². The number of aromatic nitrogens is 6. The first-order valence-corrected chi connectivity index (χ1v) is 6.10. The summed E-state index contributed by atoms with van der Waals surface area (Å²) < 4.78 is 1.57. The average Bonchev–Trinajstić information content (AvgIpc) is 2.98. The molecule has 0 bridgehead atoms. The molecule has 0 aliphatic carbocycles. The fourth-order valence-electron chi connectivity index (χ4n) is 1.20. The number of hydrogen-bond acceptors (Lipinski definition) is 7. The summed E-state index contributed by atoms with van der Waals surface area (Å²) in [7, 11) is 0. The number of nitrogens with one attached hydrogen (secondary N) is 2. The molecule has 96 valence electrons. The highest BCUT2D eigenvalue weighted by atomic mass is 32.2. The van der Waals surface area contributed by atoms with Crippen molar-refractivity contribution in [3.63, 3.8) is 0 Å². The third-order valence-electron chi connectivity index (χ3n) is 2.03. The lowest BCUT2D eigenvalue weighted by molar-refractivity contribution is 0.0948. The maximum absolute atomic E-state index is 11.1. The van der Waals surface area contributed by atoms with Gasteiger partial charge in [-0.05, 0) is 6.92 Å². The third kappa shape index (κ3) is 3.05. The number of carbonyl (C=O) groups excluding carboxylic acids is 1. The molecule has 0 aromatic carbocycles. The normalized spacial score (nSPS) is 10.6. The number of aryl methyl sites for hydroxylation is 2. The Bertz CT molecular complexity index is 535. The summed E-state index contributed by atoms with van der Waals surface area (Å²) in [5.74, 6) is 6.04. The number of H-pyrrole nitrogens is 1.